The summed E-state index contributed by atoms with van der Waals surface area (Å²) in [5, 5.41) is 5.99. The van der Waals surface area contributed by atoms with Gasteiger partial charge in [0.15, 0.2) is 5.13 Å². The second kappa shape index (κ2) is 13.9. The lowest BCUT2D eigenvalue weighted by Gasteiger charge is -2.29. The van der Waals surface area contributed by atoms with Crippen LogP contribution < -0.4 is 10.6 Å². The third kappa shape index (κ3) is 8.16. The third-order valence-corrected chi connectivity index (χ3v) is 8.05. The van der Waals surface area contributed by atoms with Crippen molar-refractivity contribution in [2.24, 2.45) is 0 Å². The summed E-state index contributed by atoms with van der Waals surface area (Å²) < 4.78 is 33.3. The van der Waals surface area contributed by atoms with Crippen LogP contribution in [0.5, 0.6) is 0 Å². The van der Waals surface area contributed by atoms with Crippen LogP contribution in [0.1, 0.15) is 49.4 Å². The zero-order valence-corrected chi connectivity index (χ0v) is 24.0. The molecule has 1 aliphatic heterocycles. The first-order chi connectivity index (χ1) is 19.2. The second-order valence-corrected chi connectivity index (χ2v) is 11.3. The van der Waals surface area contributed by atoms with E-state index in [4.69, 9.17) is 4.74 Å². The number of rotatable bonds is 11. The van der Waals surface area contributed by atoms with Gasteiger partial charge in [0.05, 0.1) is 29.7 Å². The maximum absolute atomic E-state index is 13.5. The van der Waals surface area contributed by atoms with E-state index in [1.54, 1.807) is 0 Å². The van der Waals surface area contributed by atoms with Crippen molar-refractivity contribution in [3.8, 4) is 10.4 Å². The normalized spacial score (nSPS) is 15.1. The molecule has 7 nitrogen and oxygen atoms in total. The number of nitrogens with zero attached hydrogens (tertiary/aromatic N) is 2. The molecule has 1 atom stereocenters. The minimum absolute atomic E-state index is 0.198. The summed E-state index contributed by atoms with van der Waals surface area (Å²) in [7, 11) is 2.13. The van der Waals surface area contributed by atoms with Crippen molar-refractivity contribution in [2.75, 3.05) is 25.5 Å². The van der Waals surface area contributed by atoms with E-state index in [1.165, 1.54) is 11.3 Å². The molecule has 2 N–H and O–H groups in total. The first kappa shape index (κ1) is 29.8. The number of hydrogen-bond donors (Lipinski definition) is 2. The largest absolute Gasteiger partial charge is 0.373 e. The van der Waals surface area contributed by atoms with Gasteiger partial charge in [0.1, 0.15) is 17.7 Å². The van der Waals surface area contributed by atoms with Gasteiger partial charge in [0.25, 0.3) is 0 Å². The highest BCUT2D eigenvalue weighted by Crippen LogP contribution is 2.35. The number of hydrogen-bond acceptors (Lipinski definition) is 6. The van der Waals surface area contributed by atoms with Gasteiger partial charge in [0.2, 0.25) is 11.8 Å². The van der Waals surface area contributed by atoms with E-state index in [9.17, 15) is 18.4 Å². The van der Waals surface area contributed by atoms with E-state index in [2.05, 4.69) is 33.6 Å². The molecule has 2 heterocycles. The van der Waals surface area contributed by atoms with Crippen molar-refractivity contribution in [1.82, 2.24) is 15.2 Å². The molecule has 1 fully saturated rings. The Morgan fingerprint density at radius 3 is 2.55 bits per heavy atom. The first-order valence-electron chi connectivity index (χ1n) is 13.6. The maximum atomic E-state index is 13.5. The highest BCUT2D eigenvalue weighted by molar-refractivity contribution is 7.19. The van der Waals surface area contributed by atoms with Crippen molar-refractivity contribution in [3.05, 3.63) is 70.9 Å². The molecular weight excluding hydrogens is 534 g/mol. The summed E-state index contributed by atoms with van der Waals surface area (Å²) in [5.74, 6) is -2.39. The fraction of sp³-hybridized carbons (Fsp3) is 0.433. The van der Waals surface area contributed by atoms with E-state index in [0.717, 1.165) is 65.8 Å². The van der Waals surface area contributed by atoms with Gasteiger partial charge in [-0.3, -0.25) is 9.59 Å². The molecule has 4 rings (SSSR count). The number of carbonyl (C=O) groups excluding carboxylic acids is 2. The summed E-state index contributed by atoms with van der Waals surface area (Å²) >= 11 is 1.38. The van der Waals surface area contributed by atoms with Crippen molar-refractivity contribution in [1.29, 1.82) is 0 Å². The minimum atomic E-state index is -0.807. The molecule has 0 unspecified atom stereocenters. The van der Waals surface area contributed by atoms with Gasteiger partial charge in [-0.1, -0.05) is 48.9 Å². The molecule has 40 heavy (non-hydrogen) atoms. The molecular formula is C30H36F2N4O3S. The molecule has 3 aromatic rings. The lowest BCUT2D eigenvalue weighted by atomic mass is 10.1. The monoisotopic (exact) mass is 570 g/mol. The van der Waals surface area contributed by atoms with E-state index < -0.39 is 23.6 Å². The molecule has 1 aliphatic rings. The quantitative estimate of drug-likeness (QED) is 0.319. The van der Waals surface area contributed by atoms with E-state index in [-0.39, 0.29) is 24.0 Å². The number of thiazole rings is 1. The molecule has 0 spiro atoms. The van der Waals surface area contributed by atoms with Gasteiger partial charge in [-0.25, -0.2) is 13.8 Å². The van der Waals surface area contributed by atoms with Crippen molar-refractivity contribution < 1.29 is 23.1 Å². The SMILES string of the molecule is CCC[C@H](NC(=O)Cc1cc(F)cc(F)c1)C(=O)Nc1nc(C)c(-c2ccccc2COC2CCN(C)CC2)s1. The van der Waals surface area contributed by atoms with Crippen LogP contribution in [0.15, 0.2) is 42.5 Å². The highest BCUT2D eigenvalue weighted by atomic mass is 32.1. The van der Waals surface area contributed by atoms with Crippen molar-refractivity contribution in [2.45, 2.75) is 64.7 Å². The molecule has 2 amide bonds. The lowest BCUT2D eigenvalue weighted by Crippen LogP contribution is -2.44. The second-order valence-electron chi connectivity index (χ2n) is 10.3. The van der Waals surface area contributed by atoms with E-state index in [1.807, 2.05) is 32.0 Å². The summed E-state index contributed by atoms with van der Waals surface area (Å²) in [5.41, 5.74) is 3.07. The third-order valence-electron chi connectivity index (χ3n) is 6.94. The molecule has 2 aromatic carbocycles. The number of ether oxygens (including phenoxy) is 1. The standard InChI is InChI=1S/C30H36F2N4O3S/c1-4-7-26(34-27(37)16-20-14-22(31)17-23(32)15-20)29(38)35-30-33-19(2)28(40-30)25-9-6-5-8-21(25)18-39-24-10-12-36(3)13-11-24/h5-6,8-9,14-15,17,24,26H,4,7,10-13,16,18H2,1-3H3,(H,34,37)(H,33,35,38)/t26-/m0/s1. The summed E-state index contributed by atoms with van der Waals surface area (Å²) in [6.07, 6.45) is 3.10. The van der Waals surface area contributed by atoms with Gasteiger partial charge in [0, 0.05) is 19.2 Å². The van der Waals surface area contributed by atoms with Gasteiger partial charge in [-0.05, 0) is 62.1 Å². The highest BCUT2D eigenvalue weighted by Gasteiger charge is 2.23. The molecule has 214 valence electrons. The number of nitrogens with one attached hydrogen (secondary N) is 2. The number of anilines is 1. The lowest BCUT2D eigenvalue weighted by molar-refractivity contribution is -0.126. The Hall–Kier alpha value is -3.21. The number of aromatic nitrogens is 1. The molecule has 0 radical (unpaired) electrons. The topological polar surface area (TPSA) is 83.6 Å². The number of aryl methyl sites for hydroxylation is 1. The Morgan fingerprint density at radius 2 is 1.85 bits per heavy atom. The van der Waals surface area contributed by atoms with Crippen LogP contribution in [0.3, 0.4) is 0 Å². The number of piperidine rings is 1. The Balaban J connectivity index is 1.41. The number of amides is 2. The first-order valence-corrected chi connectivity index (χ1v) is 14.4. The predicted octanol–water partition coefficient (Wildman–Crippen LogP) is 5.47. The molecule has 0 bridgehead atoms. The van der Waals surface area contributed by atoms with E-state index >= 15 is 0 Å². The zero-order chi connectivity index (χ0) is 28.6. The number of carbonyl (C=O) groups is 2. The van der Waals surface area contributed by atoms with Crippen LogP contribution in [0, 0.1) is 18.6 Å². The van der Waals surface area contributed by atoms with Crippen LogP contribution >= 0.6 is 11.3 Å². The van der Waals surface area contributed by atoms with Crippen LogP contribution in [-0.2, 0) is 27.4 Å². The Morgan fingerprint density at radius 1 is 1.15 bits per heavy atom. The van der Waals surface area contributed by atoms with Gasteiger partial charge >= 0.3 is 0 Å². The fourth-order valence-electron chi connectivity index (χ4n) is 4.82. The van der Waals surface area contributed by atoms with E-state index in [0.29, 0.717) is 24.6 Å². The predicted molar refractivity (Wildman–Crippen MR) is 153 cm³/mol. The number of benzene rings is 2. The van der Waals surface area contributed by atoms with Crippen LogP contribution in [0.2, 0.25) is 0 Å². The molecule has 1 aromatic heterocycles. The molecule has 0 aliphatic carbocycles. The van der Waals surface area contributed by atoms with Gasteiger partial charge in [-0.15, -0.1) is 0 Å². The fourth-order valence-corrected chi connectivity index (χ4v) is 5.85. The molecule has 10 heteroatoms. The summed E-state index contributed by atoms with van der Waals surface area (Å²) in [6, 6.07) is 10.2. The van der Waals surface area contributed by atoms with Crippen LogP contribution in [0.25, 0.3) is 10.4 Å². The average molecular weight is 571 g/mol. The smallest absolute Gasteiger partial charge is 0.248 e. The maximum Gasteiger partial charge on any atom is 0.248 e. The summed E-state index contributed by atoms with van der Waals surface area (Å²) in [4.78, 5) is 33.5. The molecule has 1 saturated heterocycles. The Bertz CT molecular complexity index is 1300. The minimum Gasteiger partial charge on any atom is -0.373 e. The number of likely N-dealkylation sites (tertiary alicyclic amines) is 1. The Kier molecular flexibility index (Phi) is 10.4. The average Bonchev–Trinajstić information content (AvgIpc) is 3.27. The summed E-state index contributed by atoms with van der Waals surface area (Å²) in [6.45, 7) is 6.38. The zero-order valence-electron chi connectivity index (χ0n) is 23.1. The van der Waals surface area contributed by atoms with Crippen LogP contribution in [-0.4, -0.2) is 54.0 Å². The van der Waals surface area contributed by atoms with Crippen LogP contribution in [0.4, 0.5) is 13.9 Å². The van der Waals surface area contributed by atoms with Gasteiger partial charge < -0.3 is 20.3 Å². The van der Waals surface area contributed by atoms with Crippen molar-refractivity contribution in [3.63, 3.8) is 0 Å². The van der Waals surface area contributed by atoms with Gasteiger partial charge in [-0.2, -0.15) is 0 Å². The van der Waals surface area contributed by atoms with Crippen molar-refractivity contribution >= 4 is 28.3 Å². The Labute approximate surface area is 238 Å². The molecule has 0 saturated carbocycles. The number of halogens is 2.